The first kappa shape index (κ1) is 21.7. The number of aromatic nitrogens is 1. The van der Waals surface area contributed by atoms with E-state index in [1.54, 1.807) is 19.2 Å². The Balaban J connectivity index is 0.000000216. The van der Waals surface area contributed by atoms with Crippen LogP contribution in [0.1, 0.15) is 48.1 Å². The van der Waals surface area contributed by atoms with Crippen LogP contribution in [-0.4, -0.2) is 18.6 Å². The van der Waals surface area contributed by atoms with Gasteiger partial charge in [-0.1, -0.05) is 37.8 Å². The number of methoxy groups -OCH3 is 1. The summed E-state index contributed by atoms with van der Waals surface area (Å²) in [6.45, 7) is 7.31. The molecule has 0 amide bonds. The SMILES string of the molecule is C=C(c1ccc(F)cc1)c1cncc(C2CCCN2)c1.CCc1ccc(OC)cc1. The fourth-order valence-corrected chi connectivity index (χ4v) is 3.46. The van der Waals surface area contributed by atoms with Crippen molar-refractivity contribution in [2.24, 2.45) is 0 Å². The molecule has 2 aromatic carbocycles. The molecule has 1 aliphatic rings. The highest BCUT2D eigenvalue weighted by Gasteiger charge is 2.17. The number of nitrogens with one attached hydrogen (secondary N) is 1. The second kappa shape index (κ2) is 10.7. The Bertz CT molecular complexity index is 923. The summed E-state index contributed by atoms with van der Waals surface area (Å²) in [5, 5.41) is 3.47. The number of nitrogens with zero attached hydrogens (tertiary/aromatic N) is 1. The predicted molar refractivity (Wildman–Crippen MR) is 121 cm³/mol. The maximum absolute atomic E-state index is 13.0. The summed E-state index contributed by atoms with van der Waals surface area (Å²) in [4.78, 5) is 4.32. The molecule has 1 N–H and O–H groups in total. The molecule has 0 aliphatic carbocycles. The molecule has 4 rings (SSSR count). The standard InChI is InChI=1S/C17H17FN2.C9H12O/c1-12(13-4-6-16(18)7-5-13)14-9-15(11-19-10-14)17-3-2-8-20-17;1-3-8-4-6-9(10-2)7-5-8/h4-7,9-11,17,20H,1-3,8H2;4-7H,3H2,1-2H3. The Hall–Kier alpha value is -2.98. The molecule has 1 atom stereocenters. The summed E-state index contributed by atoms with van der Waals surface area (Å²) in [6, 6.07) is 17.1. The maximum Gasteiger partial charge on any atom is 0.123 e. The highest BCUT2D eigenvalue weighted by molar-refractivity contribution is 5.77. The Morgan fingerprint density at radius 2 is 1.83 bits per heavy atom. The van der Waals surface area contributed by atoms with Gasteiger partial charge in [0, 0.05) is 24.0 Å². The van der Waals surface area contributed by atoms with E-state index in [9.17, 15) is 4.39 Å². The van der Waals surface area contributed by atoms with Gasteiger partial charge in [-0.25, -0.2) is 4.39 Å². The zero-order chi connectivity index (χ0) is 21.3. The molecular formula is C26H29FN2O. The van der Waals surface area contributed by atoms with Crippen molar-refractivity contribution in [1.82, 2.24) is 10.3 Å². The number of pyridine rings is 1. The minimum atomic E-state index is -0.233. The monoisotopic (exact) mass is 404 g/mol. The number of ether oxygens (including phenoxy) is 1. The zero-order valence-electron chi connectivity index (χ0n) is 17.7. The Labute approximate surface area is 178 Å². The van der Waals surface area contributed by atoms with Gasteiger partial charge in [0.15, 0.2) is 0 Å². The van der Waals surface area contributed by atoms with Gasteiger partial charge in [-0.15, -0.1) is 0 Å². The third-order valence-corrected chi connectivity index (χ3v) is 5.33. The van der Waals surface area contributed by atoms with Crippen molar-refractivity contribution in [3.05, 3.63) is 102 Å². The maximum atomic E-state index is 13.0. The number of benzene rings is 2. The minimum absolute atomic E-state index is 0.233. The lowest BCUT2D eigenvalue weighted by Gasteiger charge is -2.12. The topological polar surface area (TPSA) is 34.2 Å². The van der Waals surface area contributed by atoms with Gasteiger partial charge in [0.2, 0.25) is 0 Å². The summed E-state index contributed by atoms with van der Waals surface area (Å²) in [6.07, 6.45) is 7.15. The first-order chi connectivity index (χ1) is 14.6. The molecule has 1 unspecified atom stereocenters. The highest BCUT2D eigenvalue weighted by Crippen LogP contribution is 2.27. The van der Waals surface area contributed by atoms with E-state index in [0.29, 0.717) is 6.04 Å². The average Bonchev–Trinajstić information content (AvgIpc) is 3.35. The summed E-state index contributed by atoms with van der Waals surface area (Å²) < 4.78 is 18.0. The van der Waals surface area contributed by atoms with Crippen LogP contribution in [0.5, 0.6) is 5.75 Å². The highest BCUT2D eigenvalue weighted by atomic mass is 19.1. The van der Waals surface area contributed by atoms with Crippen molar-refractivity contribution in [1.29, 1.82) is 0 Å². The molecule has 1 aliphatic heterocycles. The molecule has 30 heavy (non-hydrogen) atoms. The molecule has 3 nitrogen and oxygen atoms in total. The lowest BCUT2D eigenvalue weighted by Crippen LogP contribution is -2.13. The van der Waals surface area contributed by atoms with Crippen LogP contribution in [0.15, 0.2) is 73.6 Å². The van der Waals surface area contributed by atoms with Crippen LogP contribution in [0.4, 0.5) is 4.39 Å². The van der Waals surface area contributed by atoms with Crippen molar-refractivity contribution in [3.8, 4) is 5.75 Å². The minimum Gasteiger partial charge on any atom is -0.497 e. The number of halogens is 1. The predicted octanol–water partition coefficient (Wildman–Crippen LogP) is 5.96. The van der Waals surface area contributed by atoms with E-state index in [-0.39, 0.29) is 5.82 Å². The van der Waals surface area contributed by atoms with E-state index in [1.807, 2.05) is 24.5 Å². The van der Waals surface area contributed by atoms with Crippen LogP contribution in [0.25, 0.3) is 5.57 Å². The molecule has 4 heteroatoms. The molecule has 156 valence electrons. The second-order valence-electron chi connectivity index (χ2n) is 7.34. The summed E-state index contributed by atoms with van der Waals surface area (Å²) in [5.41, 5.74) is 5.33. The van der Waals surface area contributed by atoms with Crippen molar-refractivity contribution in [3.63, 3.8) is 0 Å². The van der Waals surface area contributed by atoms with E-state index in [4.69, 9.17) is 4.74 Å². The van der Waals surface area contributed by atoms with Crippen LogP contribution >= 0.6 is 0 Å². The summed E-state index contributed by atoms with van der Waals surface area (Å²) >= 11 is 0. The molecule has 2 heterocycles. The van der Waals surface area contributed by atoms with Crippen LogP contribution < -0.4 is 10.1 Å². The molecular weight excluding hydrogens is 375 g/mol. The van der Waals surface area contributed by atoms with E-state index < -0.39 is 0 Å². The molecule has 0 bridgehead atoms. The van der Waals surface area contributed by atoms with Crippen molar-refractivity contribution in [2.75, 3.05) is 13.7 Å². The molecule has 3 aromatic rings. The molecule has 0 spiro atoms. The van der Waals surface area contributed by atoms with E-state index in [0.717, 1.165) is 41.8 Å². The summed E-state index contributed by atoms with van der Waals surface area (Å²) in [7, 11) is 1.68. The van der Waals surface area contributed by atoms with Gasteiger partial charge in [0.05, 0.1) is 7.11 Å². The third kappa shape index (κ3) is 5.77. The number of aryl methyl sites for hydroxylation is 1. The first-order valence-corrected chi connectivity index (χ1v) is 10.4. The zero-order valence-corrected chi connectivity index (χ0v) is 17.7. The smallest absolute Gasteiger partial charge is 0.123 e. The number of hydrogen-bond donors (Lipinski definition) is 1. The largest absolute Gasteiger partial charge is 0.497 e. The fraction of sp³-hybridized carbons (Fsp3) is 0.269. The van der Waals surface area contributed by atoms with Gasteiger partial charge < -0.3 is 10.1 Å². The average molecular weight is 405 g/mol. The van der Waals surface area contributed by atoms with Crippen molar-refractivity contribution >= 4 is 5.57 Å². The molecule has 0 saturated carbocycles. The van der Waals surface area contributed by atoms with Crippen LogP contribution in [0, 0.1) is 5.82 Å². The van der Waals surface area contributed by atoms with Gasteiger partial charge in [-0.3, -0.25) is 4.98 Å². The van der Waals surface area contributed by atoms with Crippen LogP contribution in [0.3, 0.4) is 0 Å². The van der Waals surface area contributed by atoms with Crippen LogP contribution in [-0.2, 0) is 6.42 Å². The normalized spacial score (nSPS) is 15.2. The van der Waals surface area contributed by atoms with Crippen LogP contribution in [0.2, 0.25) is 0 Å². The number of rotatable bonds is 5. The first-order valence-electron chi connectivity index (χ1n) is 10.4. The quantitative estimate of drug-likeness (QED) is 0.569. The Morgan fingerprint density at radius 3 is 2.43 bits per heavy atom. The van der Waals surface area contributed by atoms with E-state index in [1.165, 1.54) is 29.7 Å². The van der Waals surface area contributed by atoms with Gasteiger partial charge >= 0.3 is 0 Å². The van der Waals surface area contributed by atoms with E-state index in [2.05, 4.69) is 42.0 Å². The Kier molecular flexibility index (Phi) is 7.75. The lowest BCUT2D eigenvalue weighted by molar-refractivity contribution is 0.414. The molecule has 0 radical (unpaired) electrons. The molecule has 1 aromatic heterocycles. The van der Waals surface area contributed by atoms with Crippen molar-refractivity contribution in [2.45, 2.75) is 32.2 Å². The van der Waals surface area contributed by atoms with Gasteiger partial charge in [0.1, 0.15) is 11.6 Å². The van der Waals surface area contributed by atoms with Gasteiger partial charge in [0.25, 0.3) is 0 Å². The fourth-order valence-electron chi connectivity index (χ4n) is 3.46. The third-order valence-electron chi connectivity index (χ3n) is 5.33. The number of hydrogen-bond acceptors (Lipinski definition) is 3. The molecule has 1 saturated heterocycles. The van der Waals surface area contributed by atoms with Gasteiger partial charge in [-0.2, -0.15) is 0 Å². The summed E-state index contributed by atoms with van der Waals surface area (Å²) in [5.74, 6) is 0.695. The van der Waals surface area contributed by atoms with E-state index >= 15 is 0 Å². The lowest BCUT2D eigenvalue weighted by atomic mass is 9.98. The van der Waals surface area contributed by atoms with Gasteiger partial charge in [-0.05, 0) is 78.4 Å². The molecule has 1 fully saturated rings. The Morgan fingerprint density at radius 1 is 1.10 bits per heavy atom. The second-order valence-corrected chi connectivity index (χ2v) is 7.34. The van der Waals surface area contributed by atoms with Crippen molar-refractivity contribution < 1.29 is 9.13 Å².